The fraction of sp³-hybridized carbons (Fsp3) is 0.429. The van der Waals surface area contributed by atoms with Crippen LogP contribution < -0.4 is 10.6 Å². The number of carboxylic acid groups (broad SMARTS) is 1. The van der Waals surface area contributed by atoms with Crippen LogP contribution in [0.2, 0.25) is 0 Å². The smallest absolute Gasteiger partial charge is 0.304 e. The van der Waals surface area contributed by atoms with E-state index >= 15 is 0 Å². The third-order valence-electron chi connectivity index (χ3n) is 2.83. The molecule has 5 heteroatoms. The number of carboxylic acids is 1. The third-order valence-corrected chi connectivity index (χ3v) is 2.83. The summed E-state index contributed by atoms with van der Waals surface area (Å²) in [7, 11) is 0. The van der Waals surface area contributed by atoms with Crippen molar-refractivity contribution in [3.63, 3.8) is 0 Å². The Morgan fingerprint density at radius 1 is 1.32 bits per heavy atom. The maximum absolute atomic E-state index is 11.7. The minimum atomic E-state index is -0.874. The third kappa shape index (κ3) is 5.52. The molecule has 1 rings (SSSR count). The molecular weight excluding hydrogens is 244 g/mol. The van der Waals surface area contributed by atoms with Crippen LogP contribution in [0.3, 0.4) is 0 Å². The predicted octanol–water partition coefficient (Wildman–Crippen LogP) is 1.24. The molecule has 1 aromatic rings. The number of aryl methyl sites for hydroxylation is 1. The molecule has 0 aliphatic rings. The van der Waals surface area contributed by atoms with Crippen LogP contribution in [0.4, 0.5) is 0 Å². The van der Waals surface area contributed by atoms with Crippen LogP contribution in [0.25, 0.3) is 0 Å². The van der Waals surface area contributed by atoms with Gasteiger partial charge in [-0.05, 0) is 25.0 Å². The van der Waals surface area contributed by atoms with E-state index in [9.17, 15) is 9.59 Å². The number of nitrogens with one attached hydrogen (secondary N) is 2. The molecule has 0 aromatic heterocycles. The second-order valence-electron chi connectivity index (χ2n) is 4.47. The summed E-state index contributed by atoms with van der Waals surface area (Å²) >= 11 is 0. The lowest BCUT2D eigenvalue weighted by Gasteiger charge is -2.16. The van der Waals surface area contributed by atoms with Gasteiger partial charge in [0, 0.05) is 6.54 Å². The van der Waals surface area contributed by atoms with Crippen molar-refractivity contribution in [3.05, 3.63) is 35.4 Å². The fourth-order valence-corrected chi connectivity index (χ4v) is 1.84. The van der Waals surface area contributed by atoms with E-state index in [4.69, 9.17) is 5.11 Å². The van der Waals surface area contributed by atoms with Gasteiger partial charge < -0.3 is 15.7 Å². The Bertz CT molecular complexity index is 446. The number of hydrogen-bond donors (Lipinski definition) is 3. The van der Waals surface area contributed by atoms with E-state index < -0.39 is 5.97 Å². The van der Waals surface area contributed by atoms with Crippen molar-refractivity contribution in [2.75, 3.05) is 13.1 Å². The number of amides is 1. The SMILES string of the molecule is Cc1ccccc1C(C)NC(=O)CNCCC(=O)O. The Morgan fingerprint density at radius 2 is 2.00 bits per heavy atom. The molecule has 3 N–H and O–H groups in total. The minimum Gasteiger partial charge on any atom is -0.481 e. The Labute approximate surface area is 113 Å². The summed E-state index contributed by atoms with van der Waals surface area (Å²) in [5.74, 6) is -1.01. The van der Waals surface area contributed by atoms with Gasteiger partial charge in [0.15, 0.2) is 0 Å². The molecule has 1 unspecified atom stereocenters. The van der Waals surface area contributed by atoms with Crippen LogP contribution in [-0.2, 0) is 9.59 Å². The standard InChI is InChI=1S/C14H20N2O3/c1-10-5-3-4-6-12(10)11(2)16-13(17)9-15-8-7-14(18)19/h3-6,11,15H,7-9H2,1-2H3,(H,16,17)(H,18,19). The average molecular weight is 264 g/mol. The number of hydrogen-bond acceptors (Lipinski definition) is 3. The highest BCUT2D eigenvalue weighted by Crippen LogP contribution is 2.16. The summed E-state index contributed by atoms with van der Waals surface area (Å²) < 4.78 is 0. The van der Waals surface area contributed by atoms with Crippen molar-refractivity contribution in [1.82, 2.24) is 10.6 Å². The Morgan fingerprint density at radius 3 is 2.63 bits per heavy atom. The molecular formula is C14H20N2O3. The first-order chi connectivity index (χ1) is 9.00. The molecule has 0 spiro atoms. The van der Waals surface area contributed by atoms with Gasteiger partial charge in [-0.2, -0.15) is 0 Å². The van der Waals surface area contributed by atoms with Crippen molar-refractivity contribution < 1.29 is 14.7 Å². The molecule has 0 saturated heterocycles. The van der Waals surface area contributed by atoms with E-state index in [1.807, 2.05) is 38.1 Å². The minimum absolute atomic E-state index is 0.0145. The molecule has 0 saturated carbocycles. The van der Waals surface area contributed by atoms with E-state index in [0.29, 0.717) is 6.54 Å². The molecule has 1 amide bonds. The Balaban J connectivity index is 2.36. The number of carbonyl (C=O) groups excluding carboxylic acids is 1. The molecule has 104 valence electrons. The lowest BCUT2D eigenvalue weighted by atomic mass is 10.0. The largest absolute Gasteiger partial charge is 0.481 e. The first kappa shape index (κ1) is 15.2. The highest BCUT2D eigenvalue weighted by atomic mass is 16.4. The molecule has 0 bridgehead atoms. The van der Waals surface area contributed by atoms with E-state index in [1.165, 1.54) is 0 Å². The highest BCUT2D eigenvalue weighted by Gasteiger charge is 2.10. The molecule has 1 aromatic carbocycles. The summed E-state index contributed by atoms with van der Waals surface area (Å²) in [6, 6.07) is 7.83. The molecule has 0 fully saturated rings. The number of rotatable bonds is 7. The van der Waals surface area contributed by atoms with E-state index in [-0.39, 0.29) is 24.9 Å². The fourth-order valence-electron chi connectivity index (χ4n) is 1.84. The second-order valence-corrected chi connectivity index (χ2v) is 4.47. The number of aliphatic carboxylic acids is 1. The average Bonchev–Trinajstić information content (AvgIpc) is 2.35. The second kappa shape index (κ2) is 7.53. The quantitative estimate of drug-likeness (QED) is 0.647. The van der Waals surface area contributed by atoms with Crippen LogP contribution in [0.5, 0.6) is 0 Å². The summed E-state index contributed by atoms with van der Waals surface area (Å²) in [4.78, 5) is 22.0. The maximum atomic E-state index is 11.7. The molecule has 19 heavy (non-hydrogen) atoms. The summed E-state index contributed by atoms with van der Waals surface area (Å²) in [6.07, 6.45) is 0.0145. The Kier molecular flexibility index (Phi) is 6.02. The lowest BCUT2D eigenvalue weighted by Crippen LogP contribution is -2.36. The molecule has 0 heterocycles. The zero-order chi connectivity index (χ0) is 14.3. The van der Waals surface area contributed by atoms with Crippen molar-refractivity contribution in [2.24, 2.45) is 0 Å². The van der Waals surface area contributed by atoms with Gasteiger partial charge in [0.2, 0.25) is 5.91 Å². The number of carbonyl (C=O) groups is 2. The van der Waals surface area contributed by atoms with Crippen LogP contribution in [0.1, 0.15) is 30.5 Å². The first-order valence-corrected chi connectivity index (χ1v) is 6.28. The van der Waals surface area contributed by atoms with Gasteiger partial charge in [-0.15, -0.1) is 0 Å². The topological polar surface area (TPSA) is 78.4 Å². The van der Waals surface area contributed by atoms with Crippen LogP contribution in [0, 0.1) is 6.92 Å². The van der Waals surface area contributed by atoms with Gasteiger partial charge in [-0.3, -0.25) is 9.59 Å². The van der Waals surface area contributed by atoms with Crippen LogP contribution >= 0.6 is 0 Å². The van der Waals surface area contributed by atoms with E-state index in [0.717, 1.165) is 11.1 Å². The van der Waals surface area contributed by atoms with Crippen molar-refractivity contribution in [2.45, 2.75) is 26.3 Å². The monoisotopic (exact) mass is 264 g/mol. The highest BCUT2D eigenvalue weighted by molar-refractivity contribution is 5.78. The van der Waals surface area contributed by atoms with Crippen LogP contribution in [0.15, 0.2) is 24.3 Å². The van der Waals surface area contributed by atoms with Gasteiger partial charge in [0.25, 0.3) is 0 Å². The lowest BCUT2D eigenvalue weighted by molar-refractivity contribution is -0.137. The van der Waals surface area contributed by atoms with Gasteiger partial charge in [0.1, 0.15) is 0 Å². The Hall–Kier alpha value is -1.88. The molecule has 0 aliphatic carbocycles. The normalized spacial score (nSPS) is 11.9. The van der Waals surface area contributed by atoms with Gasteiger partial charge in [0.05, 0.1) is 19.0 Å². The molecule has 5 nitrogen and oxygen atoms in total. The summed E-state index contributed by atoms with van der Waals surface area (Å²) in [6.45, 7) is 4.35. The maximum Gasteiger partial charge on any atom is 0.304 e. The summed E-state index contributed by atoms with van der Waals surface area (Å²) in [5, 5.41) is 14.1. The van der Waals surface area contributed by atoms with Gasteiger partial charge in [-0.1, -0.05) is 24.3 Å². The van der Waals surface area contributed by atoms with Gasteiger partial charge >= 0.3 is 5.97 Å². The molecule has 0 radical (unpaired) electrons. The van der Waals surface area contributed by atoms with Crippen molar-refractivity contribution >= 4 is 11.9 Å². The van der Waals surface area contributed by atoms with E-state index in [2.05, 4.69) is 10.6 Å². The zero-order valence-corrected chi connectivity index (χ0v) is 11.3. The van der Waals surface area contributed by atoms with Crippen LogP contribution in [-0.4, -0.2) is 30.1 Å². The van der Waals surface area contributed by atoms with Gasteiger partial charge in [-0.25, -0.2) is 0 Å². The zero-order valence-electron chi connectivity index (χ0n) is 11.3. The molecule has 0 aliphatic heterocycles. The summed E-state index contributed by atoms with van der Waals surface area (Å²) in [5.41, 5.74) is 2.22. The first-order valence-electron chi connectivity index (χ1n) is 6.28. The van der Waals surface area contributed by atoms with Crippen molar-refractivity contribution in [1.29, 1.82) is 0 Å². The van der Waals surface area contributed by atoms with Crippen molar-refractivity contribution in [3.8, 4) is 0 Å². The predicted molar refractivity (Wildman–Crippen MR) is 72.9 cm³/mol. The van der Waals surface area contributed by atoms with E-state index in [1.54, 1.807) is 0 Å². The number of benzene rings is 1. The molecule has 1 atom stereocenters.